The molecule has 3 N–H and O–H groups in total. The second kappa shape index (κ2) is 9.85. The molecule has 8 unspecified atom stereocenters. The molecule has 4 aliphatic carbocycles. The fourth-order valence-electron chi connectivity index (χ4n) is 8.79. The number of hydrogen-bond acceptors (Lipinski definition) is 5. The Morgan fingerprint density at radius 1 is 0.970 bits per heavy atom. The van der Waals surface area contributed by atoms with Gasteiger partial charge in [-0.15, -0.1) is 0 Å². The summed E-state index contributed by atoms with van der Waals surface area (Å²) in [5.74, 6) is 2.35. The van der Waals surface area contributed by atoms with Gasteiger partial charge in [0.05, 0.1) is 25.7 Å². The Morgan fingerprint density at radius 2 is 1.70 bits per heavy atom. The third-order valence-electron chi connectivity index (χ3n) is 10.7. The van der Waals surface area contributed by atoms with Crippen LogP contribution in [0.25, 0.3) is 0 Å². The first-order valence-corrected chi connectivity index (χ1v) is 13.4. The Hall–Kier alpha value is -1.14. The maximum absolute atomic E-state index is 12.2. The first kappa shape index (κ1) is 25.0. The number of fused-ring (bicyclic) bond motifs is 5. The van der Waals surface area contributed by atoms with E-state index in [-0.39, 0.29) is 41.3 Å². The number of methoxy groups -OCH3 is 1. The van der Waals surface area contributed by atoms with Crippen LogP contribution in [0.4, 0.5) is 0 Å². The average Bonchev–Trinajstić information content (AvgIpc) is 3.11. The number of hydrogen-bond donors (Lipinski definition) is 3. The maximum Gasteiger partial charge on any atom is 0.307 e. The van der Waals surface area contributed by atoms with E-state index in [1.165, 1.54) is 32.8 Å². The molecule has 4 saturated carbocycles. The van der Waals surface area contributed by atoms with E-state index in [9.17, 15) is 19.8 Å². The third kappa shape index (κ3) is 4.71. The highest BCUT2D eigenvalue weighted by Crippen LogP contribution is 2.67. The van der Waals surface area contributed by atoms with Crippen molar-refractivity contribution in [1.29, 1.82) is 0 Å². The molecule has 4 fully saturated rings. The summed E-state index contributed by atoms with van der Waals surface area (Å²) in [4.78, 5) is 23.3. The predicted octanol–water partition coefficient (Wildman–Crippen LogP) is 3.83. The van der Waals surface area contributed by atoms with E-state index in [2.05, 4.69) is 23.9 Å². The molecule has 0 aromatic carbocycles. The molecule has 0 aromatic rings. The highest BCUT2D eigenvalue weighted by molar-refractivity contribution is 5.76. The summed E-state index contributed by atoms with van der Waals surface area (Å²) in [6.07, 6.45) is 10.8. The van der Waals surface area contributed by atoms with Crippen LogP contribution in [0.3, 0.4) is 0 Å². The van der Waals surface area contributed by atoms with Crippen LogP contribution >= 0.6 is 0 Å². The molecule has 0 aliphatic heterocycles. The largest absolute Gasteiger partial charge is 0.469 e. The Balaban J connectivity index is 1.33. The van der Waals surface area contributed by atoms with Crippen molar-refractivity contribution in [2.24, 2.45) is 40.4 Å². The number of rotatable bonds is 7. The minimum atomic E-state index is -0.301. The molecule has 0 saturated heterocycles. The quantitative estimate of drug-likeness (QED) is 0.499. The number of aliphatic hydroxyl groups is 2. The number of nitrogens with one attached hydrogen (secondary N) is 1. The monoisotopic (exact) mass is 463 g/mol. The SMILES string of the molecule is COC(=O)CCNC(=O)CCCC1CCC2C3C(O)CC4C[C@H](O)CCC4(C)C3CCC12C. The van der Waals surface area contributed by atoms with E-state index in [4.69, 9.17) is 0 Å². The van der Waals surface area contributed by atoms with Gasteiger partial charge in [0.1, 0.15) is 0 Å². The number of carbonyl (C=O) groups is 2. The highest BCUT2D eigenvalue weighted by Gasteiger charge is 2.62. The standard InChI is InChI=1S/C27H45NO5/c1-26-13-10-21-25(22(30)16-18-15-19(29)9-12-27(18,21)2)20(26)8-7-17(26)5-4-6-23(31)28-14-11-24(32)33-3/h17-22,25,29-30H,4-16H2,1-3H3,(H,28,31)/t17?,18?,19-,20?,21?,22?,25?,26?,27?/m1/s1. The fraction of sp³-hybridized carbons (Fsp3) is 0.926. The Kier molecular flexibility index (Phi) is 7.45. The molecule has 0 aromatic heterocycles. The lowest BCUT2D eigenvalue weighted by atomic mass is 9.44. The zero-order chi connectivity index (χ0) is 23.8. The van der Waals surface area contributed by atoms with E-state index in [1.807, 2.05) is 0 Å². The van der Waals surface area contributed by atoms with Crippen LogP contribution in [0, 0.1) is 40.4 Å². The first-order valence-electron chi connectivity index (χ1n) is 13.4. The summed E-state index contributed by atoms with van der Waals surface area (Å²) < 4.78 is 4.61. The number of carbonyl (C=O) groups excluding carboxylic acids is 2. The van der Waals surface area contributed by atoms with Crippen LogP contribution in [-0.2, 0) is 14.3 Å². The number of aliphatic hydroxyl groups excluding tert-OH is 2. The number of amides is 1. The molecule has 0 spiro atoms. The molecular weight excluding hydrogens is 418 g/mol. The second-order valence-corrected chi connectivity index (χ2v) is 12.1. The van der Waals surface area contributed by atoms with Crippen molar-refractivity contribution in [3.63, 3.8) is 0 Å². The summed E-state index contributed by atoms with van der Waals surface area (Å²) in [5.41, 5.74) is 0.533. The normalized spacial score (nSPS) is 44.3. The zero-order valence-corrected chi connectivity index (χ0v) is 20.9. The van der Waals surface area contributed by atoms with Gasteiger partial charge in [-0.25, -0.2) is 0 Å². The molecule has 9 atom stereocenters. The Labute approximate surface area is 199 Å². The molecule has 0 radical (unpaired) electrons. The van der Waals surface area contributed by atoms with Gasteiger partial charge in [-0.3, -0.25) is 9.59 Å². The van der Waals surface area contributed by atoms with Gasteiger partial charge in [-0.05, 0) is 105 Å². The van der Waals surface area contributed by atoms with Gasteiger partial charge >= 0.3 is 5.97 Å². The minimum absolute atomic E-state index is 0.0171. The van der Waals surface area contributed by atoms with Crippen LogP contribution in [0.1, 0.15) is 90.9 Å². The minimum Gasteiger partial charge on any atom is -0.469 e. The number of ether oxygens (including phenoxy) is 1. The van der Waals surface area contributed by atoms with Crippen molar-refractivity contribution in [1.82, 2.24) is 5.32 Å². The van der Waals surface area contributed by atoms with Gasteiger partial charge in [0.25, 0.3) is 0 Å². The molecule has 4 aliphatic rings. The predicted molar refractivity (Wildman–Crippen MR) is 126 cm³/mol. The zero-order valence-electron chi connectivity index (χ0n) is 20.9. The lowest BCUT2D eigenvalue weighted by molar-refractivity contribution is -0.172. The Bertz CT molecular complexity index is 727. The first-order chi connectivity index (χ1) is 15.7. The molecule has 1 amide bonds. The van der Waals surface area contributed by atoms with Crippen LogP contribution < -0.4 is 5.32 Å². The van der Waals surface area contributed by atoms with Crippen molar-refractivity contribution in [3.05, 3.63) is 0 Å². The van der Waals surface area contributed by atoms with E-state index in [0.29, 0.717) is 42.6 Å². The number of esters is 1. The second-order valence-electron chi connectivity index (χ2n) is 12.1. The lowest BCUT2D eigenvalue weighted by Gasteiger charge is -2.62. The Morgan fingerprint density at radius 3 is 2.45 bits per heavy atom. The van der Waals surface area contributed by atoms with Crippen molar-refractivity contribution < 1.29 is 24.5 Å². The van der Waals surface area contributed by atoms with Gasteiger partial charge in [-0.2, -0.15) is 0 Å². The van der Waals surface area contributed by atoms with Gasteiger partial charge in [0, 0.05) is 13.0 Å². The lowest BCUT2D eigenvalue weighted by Crippen LogP contribution is -2.58. The fourth-order valence-corrected chi connectivity index (χ4v) is 8.79. The van der Waals surface area contributed by atoms with Crippen molar-refractivity contribution in [3.8, 4) is 0 Å². The van der Waals surface area contributed by atoms with Gasteiger partial charge < -0.3 is 20.3 Å². The van der Waals surface area contributed by atoms with Gasteiger partial charge in [0.15, 0.2) is 0 Å². The molecule has 6 heteroatoms. The molecule has 0 bridgehead atoms. The van der Waals surface area contributed by atoms with Crippen molar-refractivity contribution in [2.75, 3.05) is 13.7 Å². The molecule has 188 valence electrons. The van der Waals surface area contributed by atoms with Crippen molar-refractivity contribution >= 4 is 11.9 Å². The molecule has 6 nitrogen and oxygen atoms in total. The molecule has 4 rings (SSSR count). The average molecular weight is 464 g/mol. The van der Waals surface area contributed by atoms with Crippen LogP contribution in [0.5, 0.6) is 0 Å². The summed E-state index contributed by atoms with van der Waals surface area (Å²) in [5, 5.41) is 24.4. The molecule has 0 heterocycles. The smallest absolute Gasteiger partial charge is 0.307 e. The molecule has 33 heavy (non-hydrogen) atoms. The summed E-state index contributed by atoms with van der Waals surface area (Å²) in [6.45, 7) is 5.27. The van der Waals surface area contributed by atoms with Gasteiger partial charge in [-0.1, -0.05) is 13.8 Å². The topological polar surface area (TPSA) is 95.9 Å². The van der Waals surface area contributed by atoms with Crippen LogP contribution in [0.2, 0.25) is 0 Å². The van der Waals surface area contributed by atoms with E-state index < -0.39 is 0 Å². The van der Waals surface area contributed by atoms with Crippen molar-refractivity contribution in [2.45, 2.75) is 103 Å². The van der Waals surface area contributed by atoms with Crippen LogP contribution in [0.15, 0.2) is 0 Å². The van der Waals surface area contributed by atoms with E-state index in [0.717, 1.165) is 38.5 Å². The van der Waals surface area contributed by atoms with E-state index in [1.54, 1.807) is 0 Å². The van der Waals surface area contributed by atoms with Crippen LogP contribution in [-0.4, -0.2) is 48.0 Å². The summed E-state index contributed by atoms with van der Waals surface area (Å²) >= 11 is 0. The summed E-state index contributed by atoms with van der Waals surface area (Å²) in [6, 6.07) is 0. The highest BCUT2D eigenvalue weighted by atomic mass is 16.5. The maximum atomic E-state index is 12.2. The van der Waals surface area contributed by atoms with Gasteiger partial charge in [0.2, 0.25) is 5.91 Å². The summed E-state index contributed by atoms with van der Waals surface area (Å²) in [7, 11) is 1.36. The van der Waals surface area contributed by atoms with E-state index >= 15 is 0 Å². The third-order valence-corrected chi connectivity index (χ3v) is 10.7. The molecular formula is C27H45NO5.